The van der Waals surface area contributed by atoms with Crippen LogP contribution in [0.5, 0.6) is 5.75 Å². The molecule has 1 fully saturated rings. The average Bonchev–Trinajstić information content (AvgIpc) is 2.70. The van der Waals surface area contributed by atoms with E-state index in [2.05, 4.69) is 24.8 Å². The van der Waals surface area contributed by atoms with Crippen molar-refractivity contribution in [2.75, 3.05) is 13.2 Å². The first-order valence-electron chi connectivity index (χ1n) is 9.79. The van der Waals surface area contributed by atoms with Crippen molar-refractivity contribution in [3.63, 3.8) is 0 Å². The summed E-state index contributed by atoms with van der Waals surface area (Å²) in [4.78, 5) is 0. The number of benzene rings is 1. The lowest BCUT2D eigenvalue weighted by Gasteiger charge is -2.35. The lowest BCUT2D eigenvalue weighted by molar-refractivity contribution is -0.0391. The van der Waals surface area contributed by atoms with E-state index in [4.69, 9.17) is 9.47 Å². The number of rotatable bonds is 6. The van der Waals surface area contributed by atoms with E-state index in [1.165, 1.54) is 12.1 Å². The van der Waals surface area contributed by atoms with Crippen molar-refractivity contribution in [3.8, 4) is 5.75 Å². The van der Waals surface area contributed by atoms with Crippen LogP contribution in [0.2, 0.25) is 0 Å². The van der Waals surface area contributed by atoms with Crippen LogP contribution in [-0.4, -0.2) is 19.3 Å². The highest BCUT2D eigenvalue weighted by atomic mass is 19.2. The molecule has 4 heteroatoms. The first-order chi connectivity index (χ1) is 13.1. The van der Waals surface area contributed by atoms with Gasteiger partial charge in [0.1, 0.15) is 6.61 Å². The number of hydrogen-bond acceptors (Lipinski definition) is 2. The Labute approximate surface area is 160 Å². The Morgan fingerprint density at radius 2 is 2.07 bits per heavy atom. The molecule has 3 unspecified atom stereocenters. The van der Waals surface area contributed by atoms with Crippen molar-refractivity contribution < 1.29 is 18.3 Å². The van der Waals surface area contributed by atoms with Crippen LogP contribution in [0.25, 0.3) is 5.57 Å². The highest BCUT2D eigenvalue weighted by Crippen LogP contribution is 2.38. The third-order valence-electron chi connectivity index (χ3n) is 5.54. The van der Waals surface area contributed by atoms with E-state index in [-0.39, 0.29) is 18.5 Å². The predicted octanol–water partition coefficient (Wildman–Crippen LogP) is 6.08. The first kappa shape index (κ1) is 19.8. The molecule has 0 spiro atoms. The molecule has 1 heterocycles. The fourth-order valence-corrected chi connectivity index (χ4v) is 4.06. The van der Waals surface area contributed by atoms with Crippen LogP contribution >= 0.6 is 0 Å². The van der Waals surface area contributed by atoms with E-state index in [1.54, 1.807) is 6.07 Å². The Morgan fingerprint density at radius 1 is 1.22 bits per heavy atom. The molecule has 3 atom stereocenters. The number of hydrogen-bond donors (Lipinski definition) is 0. The fourth-order valence-electron chi connectivity index (χ4n) is 4.06. The van der Waals surface area contributed by atoms with Gasteiger partial charge < -0.3 is 9.47 Å². The van der Waals surface area contributed by atoms with Crippen LogP contribution in [0.15, 0.2) is 43.0 Å². The molecule has 2 nitrogen and oxygen atoms in total. The van der Waals surface area contributed by atoms with Gasteiger partial charge in [0, 0.05) is 11.5 Å². The molecule has 0 amide bonds. The van der Waals surface area contributed by atoms with Crippen molar-refractivity contribution >= 4 is 5.57 Å². The molecule has 1 aliphatic heterocycles. The van der Waals surface area contributed by atoms with Gasteiger partial charge in [-0.05, 0) is 62.7 Å². The molecular formula is C23H28F2O2. The number of allylic oxidation sites excluding steroid dienone is 3. The zero-order valence-corrected chi connectivity index (χ0v) is 15.9. The third kappa shape index (κ3) is 4.67. The van der Waals surface area contributed by atoms with Crippen molar-refractivity contribution in [3.05, 3.63) is 60.2 Å². The van der Waals surface area contributed by atoms with Gasteiger partial charge in [-0.1, -0.05) is 30.9 Å². The Morgan fingerprint density at radius 3 is 2.70 bits per heavy atom. The molecule has 1 aromatic rings. The molecule has 27 heavy (non-hydrogen) atoms. The van der Waals surface area contributed by atoms with Gasteiger partial charge in [-0.2, -0.15) is 4.39 Å². The molecular weight excluding hydrogens is 346 g/mol. The lowest BCUT2D eigenvalue weighted by atomic mass is 9.80. The molecule has 2 aliphatic rings. The van der Waals surface area contributed by atoms with Gasteiger partial charge in [-0.25, -0.2) is 4.39 Å². The summed E-state index contributed by atoms with van der Waals surface area (Å²) in [6.07, 6.45) is 12.9. The summed E-state index contributed by atoms with van der Waals surface area (Å²) in [5.41, 5.74) is 1.22. The molecule has 0 aromatic heterocycles. The molecule has 0 radical (unpaired) electrons. The van der Waals surface area contributed by atoms with Crippen molar-refractivity contribution in [1.82, 2.24) is 0 Å². The van der Waals surface area contributed by atoms with Crippen LogP contribution < -0.4 is 4.74 Å². The predicted molar refractivity (Wildman–Crippen MR) is 105 cm³/mol. The van der Waals surface area contributed by atoms with Crippen LogP contribution in [0.1, 0.15) is 44.6 Å². The zero-order valence-electron chi connectivity index (χ0n) is 15.9. The first-order valence-corrected chi connectivity index (χ1v) is 9.79. The summed E-state index contributed by atoms with van der Waals surface area (Å²) in [7, 11) is 0. The molecule has 146 valence electrons. The molecule has 0 N–H and O–H groups in total. The highest BCUT2D eigenvalue weighted by molar-refractivity contribution is 5.67. The summed E-state index contributed by atoms with van der Waals surface area (Å²) in [6, 6.07) is 3.11. The minimum absolute atomic E-state index is 0.0725. The van der Waals surface area contributed by atoms with Crippen molar-refractivity contribution in [1.29, 1.82) is 0 Å². The summed E-state index contributed by atoms with van der Waals surface area (Å²) in [5.74, 6) is -0.840. The van der Waals surface area contributed by atoms with E-state index in [9.17, 15) is 8.78 Å². The molecule has 3 rings (SSSR count). The molecule has 1 saturated heterocycles. The normalized spacial score (nSPS) is 26.0. The quantitative estimate of drug-likeness (QED) is 0.562. The second-order valence-electron chi connectivity index (χ2n) is 7.34. The van der Waals surface area contributed by atoms with Gasteiger partial charge in [-0.3, -0.25) is 0 Å². The SMILES string of the molecule is C=CCOc1ccc(C2=CCC(C3CCC(C=CC)CO3)CC2)c(F)c1F. The Bertz CT molecular complexity index is 715. The summed E-state index contributed by atoms with van der Waals surface area (Å²) in [5, 5.41) is 0. The van der Waals surface area contributed by atoms with Gasteiger partial charge in [0.15, 0.2) is 11.6 Å². The van der Waals surface area contributed by atoms with Gasteiger partial charge in [0.2, 0.25) is 5.82 Å². The van der Waals surface area contributed by atoms with Crippen LogP contribution in [-0.2, 0) is 4.74 Å². The maximum absolute atomic E-state index is 14.5. The van der Waals surface area contributed by atoms with E-state index in [0.717, 1.165) is 44.3 Å². The molecule has 0 bridgehead atoms. The average molecular weight is 374 g/mol. The van der Waals surface area contributed by atoms with E-state index < -0.39 is 11.6 Å². The van der Waals surface area contributed by atoms with Gasteiger partial charge in [0.25, 0.3) is 0 Å². The smallest absolute Gasteiger partial charge is 0.201 e. The summed E-state index contributed by atoms with van der Waals surface area (Å²) < 4.78 is 39.9. The topological polar surface area (TPSA) is 18.5 Å². The Kier molecular flexibility index (Phi) is 6.84. The fraction of sp³-hybridized carbons (Fsp3) is 0.478. The number of ether oxygens (including phenoxy) is 2. The maximum Gasteiger partial charge on any atom is 0.201 e. The van der Waals surface area contributed by atoms with E-state index >= 15 is 0 Å². The maximum atomic E-state index is 14.5. The minimum atomic E-state index is -0.928. The monoisotopic (exact) mass is 374 g/mol. The van der Waals surface area contributed by atoms with E-state index in [1.807, 2.05) is 6.92 Å². The Hall–Kier alpha value is -1.94. The molecule has 1 aromatic carbocycles. The lowest BCUT2D eigenvalue weighted by Crippen LogP contribution is -2.32. The number of halogens is 2. The standard InChI is InChI=1S/C23H28F2O2/c1-3-5-16-6-12-20(27-15-16)18-9-7-17(8-10-18)19-11-13-21(26-14-4-2)23(25)22(19)24/h3-5,7,11,13,16,18,20H,2,6,8-10,12,14-15H2,1H3. The minimum Gasteiger partial charge on any atom is -0.486 e. The third-order valence-corrected chi connectivity index (χ3v) is 5.54. The second kappa shape index (κ2) is 9.32. The second-order valence-corrected chi connectivity index (χ2v) is 7.34. The Balaban J connectivity index is 1.64. The van der Waals surface area contributed by atoms with Crippen LogP contribution in [0.3, 0.4) is 0 Å². The van der Waals surface area contributed by atoms with E-state index in [0.29, 0.717) is 17.4 Å². The summed E-state index contributed by atoms with van der Waals surface area (Å²) in [6.45, 7) is 6.49. The van der Waals surface area contributed by atoms with Gasteiger partial charge in [0.05, 0.1) is 12.7 Å². The molecule has 0 saturated carbocycles. The van der Waals surface area contributed by atoms with Crippen molar-refractivity contribution in [2.24, 2.45) is 11.8 Å². The van der Waals surface area contributed by atoms with Crippen LogP contribution in [0, 0.1) is 23.5 Å². The molecule has 1 aliphatic carbocycles. The largest absolute Gasteiger partial charge is 0.486 e. The highest BCUT2D eigenvalue weighted by Gasteiger charge is 2.29. The van der Waals surface area contributed by atoms with Crippen molar-refractivity contribution in [2.45, 2.75) is 45.1 Å². The summed E-state index contributed by atoms with van der Waals surface area (Å²) >= 11 is 0. The van der Waals surface area contributed by atoms with Gasteiger partial charge in [-0.15, -0.1) is 0 Å². The van der Waals surface area contributed by atoms with Crippen LogP contribution in [0.4, 0.5) is 8.78 Å². The zero-order chi connectivity index (χ0) is 19.2. The van der Waals surface area contributed by atoms with Gasteiger partial charge >= 0.3 is 0 Å².